The summed E-state index contributed by atoms with van der Waals surface area (Å²) in [6, 6.07) is 3.67. The first-order valence-electron chi connectivity index (χ1n) is 9.66. The number of β-amino-alcohol motifs (C(OH)–C–C–N with tert-alkyl or cyclic N) is 1. The Balaban J connectivity index is 1.61. The van der Waals surface area contributed by atoms with E-state index in [-0.39, 0.29) is 6.03 Å². The van der Waals surface area contributed by atoms with E-state index < -0.39 is 5.60 Å². The number of hydrogen-bond donors (Lipinski definition) is 2. The van der Waals surface area contributed by atoms with Crippen LogP contribution < -0.4 is 10.1 Å². The van der Waals surface area contributed by atoms with Crippen molar-refractivity contribution in [2.45, 2.75) is 37.7 Å². The summed E-state index contributed by atoms with van der Waals surface area (Å²) in [6.45, 7) is 4.05. The van der Waals surface area contributed by atoms with Crippen LogP contribution in [-0.4, -0.2) is 65.0 Å². The monoisotopic (exact) mass is 386 g/mol. The minimum absolute atomic E-state index is 0.286. The molecular formula is C20H26N4O4. The second kappa shape index (κ2) is 7.52. The van der Waals surface area contributed by atoms with Crippen LogP contribution in [-0.2, 0) is 4.74 Å². The van der Waals surface area contributed by atoms with E-state index in [0.29, 0.717) is 42.5 Å². The van der Waals surface area contributed by atoms with Gasteiger partial charge in [-0.1, -0.05) is 6.07 Å². The molecule has 150 valence electrons. The van der Waals surface area contributed by atoms with E-state index >= 15 is 0 Å². The van der Waals surface area contributed by atoms with Crippen LogP contribution in [0.3, 0.4) is 0 Å². The maximum atomic E-state index is 12.5. The van der Waals surface area contributed by atoms with Crippen molar-refractivity contribution in [2.24, 2.45) is 0 Å². The molecule has 0 spiro atoms. The topological polar surface area (TPSA) is 96.8 Å². The molecule has 1 aromatic carbocycles. The summed E-state index contributed by atoms with van der Waals surface area (Å²) in [5.74, 6) is 1.37. The highest BCUT2D eigenvalue weighted by atomic mass is 16.5. The van der Waals surface area contributed by atoms with Crippen molar-refractivity contribution < 1.29 is 19.4 Å². The number of amides is 2. The average Bonchev–Trinajstić information content (AvgIpc) is 3.07. The number of hydrogen-bond acceptors (Lipinski definition) is 6. The lowest BCUT2D eigenvalue weighted by Gasteiger charge is -2.23. The lowest BCUT2D eigenvalue weighted by molar-refractivity contribution is 0.0727. The molecule has 8 nitrogen and oxygen atoms in total. The molecule has 0 aliphatic carbocycles. The highest BCUT2D eigenvalue weighted by Crippen LogP contribution is 2.35. The molecule has 28 heavy (non-hydrogen) atoms. The fourth-order valence-electron chi connectivity index (χ4n) is 3.97. The summed E-state index contributed by atoms with van der Waals surface area (Å²) in [7, 11) is 1.60. The summed E-state index contributed by atoms with van der Waals surface area (Å²) in [5, 5.41) is 12.9. The summed E-state index contributed by atoms with van der Waals surface area (Å²) in [5.41, 5.74) is 1.74. The zero-order valence-corrected chi connectivity index (χ0v) is 16.3. The number of aromatic nitrogens is 2. The van der Waals surface area contributed by atoms with Crippen LogP contribution in [0, 0.1) is 0 Å². The van der Waals surface area contributed by atoms with Gasteiger partial charge in [0.2, 0.25) is 0 Å². The molecule has 2 amide bonds. The second-order valence-electron chi connectivity index (χ2n) is 7.79. The standard InChI is InChI=1S/C20H26N4O4/c1-20(26)7-8-24(12-20)19(25)23-16-11-21-17-14(13-5-9-28-10-6-13)3-4-15(27-2)18(17)22-16/h3-4,11,13,26H,5-10,12H2,1-2H3,(H,22,23,25). The van der Waals surface area contributed by atoms with E-state index in [4.69, 9.17) is 9.47 Å². The van der Waals surface area contributed by atoms with Gasteiger partial charge >= 0.3 is 6.03 Å². The smallest absolute Gasteiger partial charge is 0.323 e. The quantitative estimate of drug-likeness (QED) is 0.841. The van der Waals surface area contributed by atoms with Crippen LogP contribution in [0.25, 0.3) is 11.0 Å². The van der Waals surface area contributed by atoms with Crippen LogP contribution in [0.1, 0.15) is 37.7 Å². The molecule has 4 rings (SSSR count). The normalized spacial score (nSPS) is 23.2. The fraction of sp³-hybridized carbons (Fsp3) is 0.550. The molecule has 2 aliphatic heterocycles. The number of nitrogens with zero attached hydrogens (tertiary/aromatic N) is 3. The molecule has 2 fully saturated rings. The Bertz CT molecular complexity index is 880. The second-order valence-corrected chi connectivity index (χ2v) is 7.79. The molecule has 8 heteroatoms. The molecule has 2 N–H and O–H groups in total. The van der Waals surface area contributed by atoms with Crippen molar-refractivity contribution >= 4 is 22.9 Å². The van der Waals surface area contributed by atoms with Crippen LogP contribution in [0.2, 0.25) is 0 Å². The number of methoxy groups -OCH3 is 1. The Hall–Kier alpha value is -2.45. The third-order valence-corrected chi connectivity index (χ3v) is 5.55. The maximum absolute atomic E-state index is 12.5. The zero-order valence-electron chi connectivity index (χ0n) is 16.3. The number of nitrogens with one attached hydrogen (secondary N) is 1. The molecule has 2 aliphatic rings. The Morgan fingerprint density at radius 1 is 1.36 bits per heavy atom. The van der Waals surface area contributed by atoms with Gasteiger partial charge in [0, 0.05) is 19.8 Å². The van der Waals surface area contributed by atoms with Crippen LogP contribution in [0.4, 0.5) is 10.6 Å². The summed E-state index contributed by atoms with van der Waals surface area (Å²) >= 11 is 0. The van der Waals surface area contributed by atoms with E-state index in [2.05, 4.69) is 21.4 Å². The van der Waals surface area contributed by atoms with E-state index in [1.54, 1.807) is 25.1 Å². The number of rotatable bonds is 3. The number of carbonyl (C=O) groups is 1. The minimum atomic E-state index is -0.839. The third-order valence-electron chi connectivity index (χ3n) is 5.55. The summed E-state index contributed by atoms with van der Waals surface area (Å²) < 4.78 is 10.9. The van der Waals surface area contributed by atoms with Gasteiger partial charge < -0.3 is 19.5 Å². The Labute approximate surface area is 163 Å². The van der Waals surface area contributed by atoms with Gasteiger partial charge in [-0.05, 0) is 43.7 Å². The highest BCUT2D eigenvalue weighted by molar-refractivity contribution is 5.91. The highest BCUT2D eigenvalue weighted by Gasteiger charge is 2.34. The number of anilines is 1. The van der Waals surface area contributed by atoms with Gasteiger partial charge in [0.05, 0.1) is 31.0 Å². The van der Waals surface area contributed by atoms with Crippen LogP contribution in [0.15, 0.2) is 18.3 Å². The molecule has 2 aromatic rings. The van der Waals surface area contributed by atoms with Gasteiger partial charge in [-0.2, -0.15) is 0 Å². The van der Waals surface area contributed by atoms with E-state index in [1.165, 1.54) is 0 Å². The number of ether oxygens (including phenoxy) is 2. The predicted octanol–water partition coefficient (Wildman–Crippen LogP) is 2.52. The largest absolute Gasteiger partial charge is 0.494 e. The van der Waals surface area contributed by atoms with Crippen molar-refractivity contribution in [3.05, 3.63) is 23.9 Å². The van der Waals surface area contributed by atoms with Crippen LogP contribution in [0.5, 0.6) is 5.75 Å². The van der Waals surface area contributed by atoms with Crippen molar-refractivity contribution in [3.8, 4) is 5.75 Å². The molecule has 1 unspecified atom stereocenters. The molecule has 3 heterocycles. The van der Waals surface area contributed by atoms with Gasteiger partial charge in [0.15, 0.2) is 5.82 Å². The molecule has 1 atom stereocenters. The lowest BCUT2D eigenvalue weighted by Crippen LogP contribution is -2.36. The Kier molecular flexibility index (Phi) is 5.07. The first-order valence-corrected chi connectivity index (χ1v) is 9.66. The fourth-order valence-corrected chi connectivity index (χ4v) is 3.97. The SMILES string of the molecule is COc1ccc(C2CCOCC2)c2ncc(NC(=O)N3CCC(C)(O)C3)nc12. The maximum Gasteiger partial charge on any atom is 0.323 e. The van der Waals surface area contributed by atoms with Gasteiger partial charge in [-0.15, -0.1) is 0 Å². The summed E-state index contributed by atoms with van der Waals surface area (Å²) in [4.78, 5) is 23.3. The predicted molar refractivity (Wildman–Crippen MR) is 105 cm³/mol. The molecule has 0 bridgehead atoms. The number of benzene rings is 1. The van der Waals surface area contributed by atoms with Gasteiger partial charge in [0.1, 0.15) is 11.3 Å². The third kappa shape index (κ3) is 3.74. The van der Waals surface area contributed by atoms with Crippen molar-refractivity contribution in [2.75, 3.05) is 38.7 Å². The van der Waals surface area contributed by atoms with Crippen molar-refractivity contribution in [3.63, 3.8) is 0 Å². The molecule has 0 saturated carbocycles. The lowest BCUT2D eigenvalue weighted by atomic mass is 9.90. The number of aliphatic hydroxyl groups is 1. The first-order chi connectivity index (χ1) is 13.5. The first kappa shape index (κ1) is 18.9. The summed E-state index contributed by atoms with van der Waals surface area (Å²) in [6.07, 6.45) is 4.05. The van der Waals surface area contributed by atoms with E-state index in [0.717, 1.165) is 37.1 Å². The van der Waals surface area contributed by atoms with E-state index in [1.807, 2.05) is 6.07 Å². The minimum Gasteiger partial charge on any atom is -0.494 e. The van der Waals surface area contributed by atoms with Crippen molar-refractivity contribution in [1.82, 2.24) is 14.9 Å². The Morgan fingerprint density at radius 2 is 2.14 bits per heavy atom. The number of likely N-dealkylation sites (tertiary alicyclic amines) is 1. The van der Waals surface area contributed by atoms with Crippen LogP contribution >= 0.6 is 0 Å². The van der Waals surface area contributed by atoms with Gasteiger partial charge in [-0.3, -0.25) is 10.3 Å². The zero-order chi connectivity index (χ0) is 19.7. The number of urea groups is 1. The molecular weight excluding hydrogens is 360 g/mol. The average molecular weight is 386 g/mol. The molecule has 0 radical (unpaired) electrons. The van der Waals surface area contributed by atoms with Crippen molar-refractivity contribution in [1.29, 1.82) is 0 Å². The van der Waals surface area contributed by atoms with Gasteiger partial charge in [0.25, 0.3) is 0 Å². The number of carbonyl (C=O) groups excluding carboxylic acids is 1. The van der Waals surface area contributed by atoms with E-state index in [9.17, 15) is 9.90 Å². The Morgan fingerprint density at radius 3 is 2.82 bits per heavy atom. The molecule has 1 aromatic heterocycles. The van der Waals surface area contributed by atoms with Gasteiger partial charge in [-0.25, -0.2) is 9.78 Å². The number of fused-ring (bicyclic) bond motifs is 1. The molecule has 2 saturated heterocycles.